The van der Waals surface area contributed by atoms with Gasteiger partial charge in [0.1, 0.15) is 0 Å². The second-order valence-electron chi connectivity index (χ2n) is 3.25. The molecule has 0 aromatic carbocycles. The van der Waals surface area contributed by atoms with Crippen LogP contribution in [0.1, 0.15) is 19.8 Å². The third kappa shape index (κ3) is 6.42. The molecule has 0 radical (unpaired) electrons. The number of carboxylic acid groups (broad SMARTS) is 1. The molecule has 5 nitrogen and oxygen atoms in total. The molecule has 0 rings (SSSR count). The van der Waals surface area contributed by atoms with Crippen molar-refractivity contribution >= 4 is 11.9 Å². The maximum absolute atomic E-state index is 11.1. The second-order valence-corrected chi connectivity index (χ2v) is 3.25. The van der Waals surface area contributed by atoms with E-state index in [1.165, 1.54) is 0 Å². The molecule has 0 saturated carbocycles. The van der Waals surface area contributed by atoms with Crippen LogP contribution in [0.15, 0.2) is 0 Å². The minimum atomic E-state index is -0.888. The Balaban J connectivity index is 3.48. The van der Waals surface area contributed by atoms with Crippen molar-refractivity contribution in [1.82, 2.24) is 10.6 Å². The first kappa shape index (κ1) is 12.9. The van der Waals surface area contributed by atoms with E-state index >= 15 is 0 Å². The molecule has 82 valence electrons. The molecule has 0 fully saturated rings. The van der Waals surface area contributed by atoms with Crippen molar-refractivity contribution in [1.29, 1.82) is 0 Å². The summed E-state index contributed by atoms with van der Waals surface area (Å²) in [7, 11) is 1.82. The lowest BCUT2D eigenvalue weighted by atomic mass is 10.2. The van der Waals surface area contributed by atoms with Crippen LogP contribution in [0.25, 0.3) is 0 Å². The first-order valence-electron chi connectivity index (χ1n) is 4.72. The average Bonchev–Trinajstić information content (AvgIpc) is 2.14. The van der Waals surface area contributed by atoms with Gasteiger partial charge in [0.15, 0.2) is 0 Å². The van der Waals surface area contributed by atoms with Crippen LogP contribution in [-0.4, -0.2) is 37.1 Å². The van der Waals surface area contributed by atoms with Gasteiger partial charge in [-0.2, -0.15) is 0 Å². The fraction of sp³-hybridized carbons (Fsp3) is 0.778. The summed E-state index contributed by atoms with van der Waals surface area (Å²) in [6.07, 6.45) is 1.21. The number of rotatable bonds is 7. The standard InChI is InChI=1S/C9H18N2O3/c1-7(9(13)14)6-11-8(12)4-3-5-10-2/h7,10H,3-6H2,1-2H3,(H,11,12)(H,13,14). The van der Waals surface area contributed by atoms with E-state index in [0.29, 0.717) is 6.42 Å². The number of carbonyl (C=O) groups is 2. The van der Waals surface area contributed by atoms with Crippen molar-refractivity contribution in [2.75, 3.05) is 20.1 Å². The van der Waals surface area contributed by atoms with E-state index in [1.807, 2.05) is 7.05 Å². The van der Waals surface area contributed by atoms with Gasteiger partial charge < -0.3 is 15.7 Å². The van der Waals surface area contributed by atoms with Gasteiger partial charge in [0.2, 0.25) is 5.91 Å². The number of nitrogens with one attached hydrogen (secondary N) is 2. The van der Waals surface area contributed by atoms with Crippen LogP contribution < -0.4 is 10.6 Å². The van der Waals surface area contributed by atoms with E-state index in [0.717, 1.165) is 13.0 Å². The quantitative estimate of drug-likeness (QED) is 0.500. The smallest absolute Gasteiger partial charge is 0.308 e. The molecule has 0 aliphatic rings. The van der Waals surface area contributed by atoms with Gasteiger partial charge in [0.05, 0.1) is 5.92 Å². The zero-order chi connectivity index (χ0) is 11.0. The van der Waals surface area contributed by atoms with Crippen molar-refractivity contribution < 1.29 is 14.7 Å². The first-order valence-corrected chi connectivity index (χ1v) is 4.72. The Hall–Kier alpha value is -1.10. The SMILES string of the molecule is CNCCCC(=O)NCC(C)C(=O)O. The van der Waals surface area contributed by atoms with Gasteiger partial charge in [0, 0.05) is 13.0 Å². The summed E-state index contributed by atoms with van der Waals surface area (Å²) in [5, 5.41) is 14.1. The summed E-state index contributed by atoms with van der Waals surface area (Å²) in [5.74, 6) is -1.50. The molecule has 0 aromatic heterocycles. The Morgan fingerprint density at radius 3 is 2.57 bits per heavy atom. The van der Waals surface area contributed by atoms with Gasteiger partial charge in [-0.15, -0.1) is 0 Å². The lowest BCUT2D eigenvalue weighted by Gasteiger charge is -2.07. The van der Waals surface area contributed by atoms with E-state index in [-0.39, 0.29) is 12.5 Å². The predicted molar refractivity (Wildman–Crippen MR) is 53.0 cm³/mol. The van der Waals surface area contributed by atoms with Crippen LogP contribution in [0.5, 0.6) is 0 Å². The van der Waals surface area contributed by atoms with E-state index < -0.39 is 11.9 Å². The summed E-state index contributed by atoms with van der Waals surface area (Å²) < 4.78 is 0. The van der Waals surface area contributed by atoms with Gasteiger partial charge in [-0.1, -0.05) is 6.92 Å². The molecular weight excluding hydrogens is 184 g/mol. The van der Waals surface area contributed by atoms with Gasteiger partial charge in [-0.3, -0.25) is 9.59 Å². The fourth-order valence-corrected chi connectivity index (χ4v) is 0.868. The Morgan fingerprint density at radius 2 is 2.07 bits per heavy atom. The number of hydrogen-bond donors (Lipinski definition) is 3. The Kier molecular flexibility index (Phi) is 6.74. The van der Waals surface area contributed by atoms with E-state index in [4.69, 9.17) is 5.11 Å². The first-order chi connectivity index (χ1) is 6.57. The minimum Gasteiger partial charge on any atom is -0.481 e. The number of carboxylic acids is 1. The van der Waals surface area contributed by atoms with Crippen LogP contribution in [0.3, 0.4) is 0 Å². The van der Waals surface area contributed by atoms with Crippen molar-refractivity contribution in [2.24, 2.45) is 5.92 Å². The van der Waals surface area contributed by atoms with Gasteiger partial charge in [-0.25, -0.2) is 0 Å². The van der Waals surface area contributed by atoms with Gasteiger partial charge >= 0.3 is 5.97 Å². The van der Waals surface area contributed by atoms with Gasteiger partial charge in [0.25, 0.3) is 0 Å². The fourth-order valence-electron chi connectivity index (χ4n) is 0.868. The molecule has 1 unspecified atom stereocenters. The summed E-state index contributed by atoms with van der Waals surface area (Å²) in [5.41, 5.74) is 0. The molecule has 3 N–H and O–H groups in total. The highest BCUT2D eigenvalue weighted by molar-refractivity contribution is 5.77. The van der Waals surface area contributed by atoms with Gasteiger partial charge in [-0.05, 0) is 20.0 Å². The summed E-state index contributed by atoms with van der Waals surface area (Å²) in [6, 6.07) is 0. The molecule has 14 heavy (non-hydrogen) atoms. The molecular formula is C9H18N2O3. The number of aliphatic carboxylic acids is 1. The third-order valence-electron chi connectivity index (χ3n) is 1.86. The van der Waals surface area contributed by atoms with E-state index in [1.54, 1.807) is 6.92 Å². The van der Waals surface area contributed by atoms with Crippen LogP contribution in [-0.2, 0) is 9.59 Å². The molecule has 0 saturated heterocycles. The highest BCUT2D eigenvalue weighted by Gasteiger charge is 2.11. The molecule has 0 aromatic rings. The van der Waals surface area contributed by atoms with Crippen LogP contribution in [0.4, 0.5) is 0 Å². The molecule has 0 heterocycles. The third-order valence-corrected chi connectivity index (χ3v) is 1.86. The zero-order valence-electron chi connectivity index (χ0n) is 8.67. The lowest BCUT2D eigenvalue weighted by molar-refractivity contribution is -0.141. The van der Waals surface area contributed by atoms with E-state index in [9.17, 15) is 9.59 Å². The number of amides is 1. The van der Waals surface area contributed by atoms with Crippen molar-refractivity contribution in [3.05, 3.63) is 0 Å². The molecule has 0 bridgehead atoms. The number of carbonyl (C=O) groups excluding carboxylic acids is 1. The van der Waals surface area contributed by atoms with Crippen LogP contribution in [0.2, 0.25) is 0 Å². The van der Waals surface area contributed by atoms with E-state index in [2.05, 4.69) is 10.6 Å². The zero-order valence-corrected chi connectivity index (χ0v) is 8.67. The Bertz CT molecular complexity index is 194. The lowest BCUT2D eigenvalue weighted by Crippen LogP contribution is -2.31. The molecule has 0 aliphatic heterocycles. The molecule has 0 aliphatic carbocycles. The predicted octanol–water partition coefficient (Wildman–Crippen LogP) is -0.177. The topological polar surface area (TPSA) is 78.4 Å². The second kappa shape index (κ2) is 7.32. The largest absolute Gasteiger partial charge is 0.481 e. The minimum absolute atomic E-state index is 0.0895. The normalized spacial score (nSPS) is 12.1. The van der Waals surface area contributed by atoms with Crippen molar-refractivity contribution in [3.63, 3.8) is 0 Å². The number of hydrogen-bond acceptors (Lipinski definition) is 3. The highest BCUT2D eigenvalue weighted by Crippen LogP contribution is 1.93. The molecule has 5 heteroatoms. The van der Waals surface area contributed by atoms with Crippen LogP contribution >= 0.6 is 0 Å². The Morgan fingerprint density at radius 1 is 1.43 bits per heavy atom. The molecule has 0 spiro atoms. The summed E-state index contributed by atoms with van der Waals surface area (Å²) >= 11 is 0. The van der Waals surface area contributed by atoms with Crippen molar-refractivity contribution in [3.8, 4) is 0 Å². The maximum Gasteiger partial charge on any atom is 0.308 e. The summed E-state index contributed by atoms with van der Waals surface area (Å²) in [6.45, 7) is 2.56. The Labute approximate surface area is 83.9 Å². The molecule has 1 atom stereocenters. The van der Waals surface area contributed by atoms with Crippen LogP contribution in [0, 0.1) is 5.92 Å². The monoisotopic (exact) mass is 202 g/mol. The average molecular weight is 202 g/mol. The van der Waals surface area contributed by atoms with Crippen molar-refractivity contribution in [2.45, 2.75) is 19.8 Å². The maximum atomic E-state index is 11.1. The summed E-state index contributed by atoms with van der Waals surface area (Å²) in [4.78, 5) is 21.5. The molecule has 1 amide bonds. The highest BCUT2D eigenvalue weighted by atomic mass is 16.4.